The predicted molar refractivity (Wildman–Crippen MR) is 67.9 cm³/mol. The smallest absolute Gasteiger partial charge is 0.260 e. The zero-order valence-electron chi connectivity index (χ0n) is 10.9. The van der Waals surface area contributed by atoms with Gasteiger partial charge in [0.15, 0.2) is 0 Å². The predicted octanol–water partition coefficient (Wildman–Crippen LogP) is 2.70. The van der Waals surface area contributed by atoms with Crippen molar-refractivity contribution in [1.82, 2.24) is 4.90 Å². The summed E-state index contributed by atoms with van der Waals surface area (Å²) in [6.07, 6.45) is 1.38. The molecule has 1 unspecified atom stereocenters. The lowest BCUT2D eigenvalue weighted by molar-refractivity contribution is -0.117. The van der Waals surface area contributed by atoms with Gasteiger partial charge in [-0.05, 0) is 38.8 Å². The first kappa shape index (κ1) is 13.4. The first-order valence-corrected chi connectivity index (χ1v) is 5.86. The zero-order valence-corrected chi connectivity index (χ0v) is 10.9. The lowest BCUT2D eigenvalue weighted by Gasteiger charge is -2.22. The second kappa shape index (κ2) is 5.62. The number of amides is 2. The number of hydrogen-bond acceptors (Lipinski definition) is 2. The minimum Gasteiger partial charge on any atom is -0.278 e. The van der Waals surface area contributed by atoms with Crippen molar-refractivity contribution in [3.63, 3.8) is 0 Å². The lowest BCUT2D eigenvalue weighted by Crippen LogP contribution is -2.37. The fourth-order valence-electron chi connectivity index (χ4n) is 1.65. The van der Waals surface area contributed by atoms with Crippen LogP contribution >= 0.6 is 0 Å². The van der Waals surface area contributed by atoms with Crippen LogP contribution < -0.4 is 0 Å². The molecule has 0 heterocycles. The Bertz CT molecular complexity index is 426. The first-order valence-electron chi connectivity index (χ1n) is 5.86. The van der Waals surface area contributed by atoms with Gasteiger partial charge in [-0.3, -0.25) is 14.5 Å². The zero-order chi connectivity index (χ0) is 13.0. The van der Waals surface area contributed by atoms with Crippen molar-refractivity contribution >= 4 is 12.3 Å². The molecule has 0 spiro atoms. The summed E-state index contributed by atoms with van der Waals surface area (Å²) in [5, 5.41) is 0. The summed E-state index contributed by atoms with van der Waals surface area (Å²) in [5.41, 5.74) is 2.53. The van der Waals surface area contributed by atoms with E-state index < -0.39 is 0 Å². The van der Waals surface area contributed by atoms with Crippen molar-refractivity contribution in [3.05, 3.63) is 34.9 Å². The van der Waals surface area contributed by atoms with E-state index in [-0.39, 0.29) is 11.9 Å². The molecular weight excluding hydrogens is 214 g/mol. The molecule has 0 radical (unpaired) electrons. The highest BCUT2D eigenvalue weighted by molar-refractivity contribution is 6.01. The molecule has 92 valence electrons. The van der Waals surface area contributed by atoms with E-state index in [1.165, 1.54) is 4.90 Å². The minimum absolute atomic E-state index is 0.0695. The van der Waals surface area contributed by atoms with Crippen LogP contribution in [-0.4, -0.2) is 23.3 Å². The maximum absolute atomic E-state index is 12.2. The van der Waals surface area contributed by atoms with Gasteiger partial charge in [-0.15, -0.1) is 0 Å². The van der Waals surface area contributed by atoms with Gasteiger partial charge in [-0.25, -0.2) is 0 Å². The van der Waals surface area contributed by atoms with Gasteiger partial charge in [0.1, 0.15) is 0 Å². The van der Waals surface area contributed by atoms with Crippen LogP contribution in [0.3, 0.4) is 0 Å². The van der Waals surface area contributed by atoms with Crippen LogP contribution in [0.25, 0.3) is 0 Å². The minimum atomic E-state index is -0.212. The van der Waals surface area contributed by atoms with E-state index in [2.05, 4.69) is 0 Å². The van der Waals surface area contributed by atoms with Gasteiger partial charge in [-0.1, -0.05) is 24.6 Å². The average Bonchev–Trinajstić information content (AvgIpc) is 2.32. The number of hydrogen-bond donors (Lipinski definition) is 0. The van der Waals surface area contributed by atoms with E-state index >= 15 is 0 Å². The van der Waals surface area contributed by atoms with Crippen LogP contribution in [-0.2, 0) is 4.79 Å². The molecule has 17 heavy (non-hydrogen) atoms. The quantitative estimate of drug-likeness (QED) is 0.750. The molecule has 0 aliphatic rings. The van der Waals surface area contributed by atoms with E-state index in [9.17, 15) is 9.59 Å². The summed E-state index contributed by atoms with van der Waals surface area (Å²) in [7, 11) is 0. The molecule has 0 aliphatic heterocycles. The molecule has 0 fully saturated rings. The molecule has 0 saturated carbocycles. The Kier molecular flexibility index (Phi) is 4.44. The fourth-order valence-corrected chi connectivity index (χ4v) is 1.65. The summed E-state index contributed by atoms with van der Waals surface area (Å²) < 4.78 is 0. The highest BCUT2D eigenvalue weighted by atomic mass is 16.2. The van der Waals surface area contributed by atoms with Crippen LogP contribution in [0.15, 0.2) is 18.2 Å². The molecule has 0 aliphatic carbocycles. The normalized spacial score (nSPS) is 12.0. The van der Waals surface area contributed by atoms with Gasteiger partial charge in [0, 0.05) is 11.6 Å². The molecule has 0 aromatic heterocycles. The number of rotatable bonds is 4. The number of benzene rings is 1. The van der Waals surface area contributed by atoms with Gasteiger partial charge in [0.2, 0.25) is 6.41 Å². The standard InChI is InChI=1S/C14H19NO2/c1-5-12(4)15(9-16)14(17)13-8-10(2)6-7-11(13)3/h6-9,12H,5H2,1-4H3. The molecule has 2 amide bonds. The molecule has 1 aromatic rings. The van der Waals surface area contributed by atoms with Crippen molar-refractivity contribution in [2.75, 3.05) is 0 Å². The van der Waals surface area contributed by atoms with Crippen LogP contribution in [0.2, 0.25) is 0 Å². The van der Waals surface area contributed by atoms with Gasteiger partial charge in [0.25, 0.3) is 5.91 Å². The Morgan fingerprint density at radius 3 is 2.59 bits per heavy atom. The molecule has 0 N–H and O–H groups in total. The molecule has 0 saturated heterocycles. The lowest BCUT2D eigenvalue weighted by atomic mass is 10.0. The average molecular weight is 233 g/mol. The number of carbonyl (C=O) groups is 2. The Balaban J connectivity index is 3.10. The first-order chi connectivity index (χ1) is 8.01. The topological polar surface area (TPSA) is 37.4 Å². The van der Waals surface area contributed by atoms with Crippen molar-refractivity contribution in [2.45, 2.75) is 40.2 Å². The molecule has 3 heteroatoms. The number of carbonyl (C=O) groups excluding carboxylic acids is 2. The third kappa shape index (κ3) is 2.93. The highest BCUT2D eigenvalue weighted by Crippen LogP contribution is 2.15. The van der Waals surface area contributed by atoms with Crippen molar-refractivity contribution in [2.24, 2.45) is 0 Å². The van der Waals surface area contributed by atoms with Crippen LogP contribution in [0.4, 0.5) is 0 Å². The van der Waals surface area contributed by atoms with Crippen molar-refractivity contribution in [3.8, 4) is 0 Å². The van der Waals surface area contributed by atoms with Crippen LogP contribution in [0.5, 0.6) is 0 Å². The summed E-state index contributed by atoms with van der Waals surface area (Å²) in [6, 6.07) is 5.62. The molecular formula is C14H19NO2. The van der Waals surface area contributed by atoms with Crippen molar-refractivity contribution in [1.29, 1.82) is 0 Å². The highest BCUT2D eigenvalue weighted by Gasteiger charge is 2.21. The maximum atomic E-state index is 12.2. The van der Waals surface area contributed by atoms with E-state index in [0.717, 1.165) is 17.5 Å². The number of imide groups is 1. The Hall–Kier alpha value is -1.64. The largest absolute Gasteiger partial charge is 0.278 e. The Labute approximate surface area is 102 Å². The van der Waals surface area contributed by atoms with E-state index in [1.54, 1.807) is 0 Å². The maximum Gasteiger partial charge on any atom is 0.260 e. The van der Waals surface area contributed by atoms with Gasteiger partial charge in [0.05, 0.1) is 0 Å². The molecule has 1 atom stereocenters. The van der Waals surface area contributed by atoms with Crippen molar-refractivity contribution < 1.29 is 9.59 Å². The van der Waals surface area contributed by atoms with Crippen LogP contribution in [0, 0.1) is 13.8 Å². The molecule has 1 rings (SSSR count). The Morgan fingerprint density at radius 2 is 2.06 bits per heavy atom. The Morgan fingerprint density at radius 1 is 1.41 bits per heavy atom. The second-order valence-electron chi connectivity index (χ2n) is 4.39. The van der Waals surface area contributed by atoms with Gasteiger partial charge >= 0.3 is 0 Å². The summed E-state index contributed by atoms with van der Waals surface area (Å²) in [6.45, 7) is 7.64. The number of nitrogens with zero attached hydrogens (tertiary/aromatic N) is 1. The SMILES string of the molecule is CCC(C)N(C=O)C(=O)c1cc(C)ccc1C. The fraction of sp³-hybridized carbons (Fsp3) is 0.429. The van der Waals surface area contributed by atoms with E-state index in [1.807, 2.05) is 45.9 Å². The number of aryl methyl sites for hydroxylation is 2. The molecule has 1 aromatic carbocycles. The van der Waals surface area contributed by atoms with Gasteiger partial charge in [-0.2, -0.15) is 0 Å². The summed E-state index contributed by atoms with van der Waals surface area (Å²) in [4.78, 5) is 24.5. The van der Waals surface area contributed by atoms with Gasteiger partial charge < -0.3 is 0 Å². The molecule has 0 bridgehead atoms. The van der Waals surface area contributed by atoms with E-state index in [4.69, 9.17) is 0 Å². The summed E-state index contributed by atoms with van der Waals surface area (Å²) in [5.74, 6) is -0.212. The summed E-state index contributed by atoms with van der Waals surface area (Å²) >= 11 is 0. The second-order valence-corrected chi connectivity index (χ2v) is 4.39. The van der Waals surface area contributed by atoms with Crippen LogP contribution in [0.1, 0.15) is 41.8 Å². The third-order valence-corrected chi connectivity index (χ3v) is 3.04. The monoisotopic (exact) mass is 233 g/mol. The molecule has 3 nitrogen and oxygen atoms in total. The van der Waals surface area contributed by atoms with E-state index in [0.29, 0.717) is 12.0 Å². The third-order valence-electron chi connectivity index (χ3n) is 3.04.